The standard InChI is InChI=1S/C25H18BrCl2N3O6/c1-2-35-22-9-15(7-18(26)24(22)36-13-14-3-5-19(27)20(28)8-14)12-29-30-25(32)23-11-16-10-17(31(33)34)4-6-21(16)37-23/h3-12H,2,13H2,1H3,(H,30,32)/b29-12-. The number of non-ortho nitro benzene ring substituents is 1. The first-order valence-electron chi connectivity index (χ1n) is 10.8. The number of furan rings is 1. The quantitative estimate of drug-likeness (QED) is 0.123. The predicted molar refractivity (Wildman–Crippen MR) is 144 cm³/mol. The summed E-state index contributed by atoms with van der Waals surface area (Å²) in [5.74, 6) is 0.324. The third-order valence-corrected chi connectivity index (χ3v) is 6.34. The van der Waals surface area contributed by atoms with Gasteiger partial charge in [0.05, 0.1) is 32.3 Å². The van der Waals surface area contributed by atoms with Crippen molar-refractivity contribution in [3.63, 3.8) is 0 Å². The van der Waals surface area contributed by atoms with Crippen molar-refractivity contribution in [3.05, 3.63) is 96.1 Å². The van der Waals surface area contributed by atoms with Gasteiger partial charge in [-0.3, -0.25) is 14.9 Å². The predicted octanol–water partition coefficient (Wildman–Crippen LogP) is 7.15. The molecule has 4 rings (SSSR count). The highest BCUT2D eigenvalue weighted by Gasteiger charge is 2.15. The molecule has 0 atom stereocenters. The number of amides is 1. The fourth-order valence-electron chi connectivity index (χ4n) is 3.33. The molecule has 0 fully saturated rings. The minimum absolute atomic E-state index is 0.0325. The van der Waals surface area contributed by atoms with E-state index in [1.807, 2.05) is 13.0 Å². The van der Waals surface area contributed by atoms with Gasteiger partial charge < -0.3 is 13.9 Å². The molecule has 0 unspecified atom stereocenters. The maximum Gasteiger partial charge on any atom is 0.307 e. The summed E-state index contributed by atoms with van der Waals surface area (Å²) in [4.78, 5) is 22.9. The highest BCUT2D eigenvalue weighted by atomic mass is 79.9. The van der Waals surface area contributed by atoms with Gasteiger partial charge in [0.1, 0.15) is 12.2 Å². The van der Waals surface area contributed by atoms with E-state index in [1.54, 1.807) is 24.3 Å². The van der Waals surface area contributed by atoms with Crippen LogP contribution in [-0.2, 0) is 6.61 Å². The summed E-state index contributed by atoms with van der Waals surface area (Å²) in [5.41, 5.74) is 4.08. The monoisotopic (exact) mass is 605 g/mol. The van der Waals surface area contributed by atoms with Crippen molar-refractivity contribution in [3.8, 4) is 11.5 Å². The molecule has 0 saturated heterocycles. The highest BCUT2D eigenvalue weighted by molar-refractivity contribution is 9.10. The average Bonchev–Trinajstić information content (AvgIpc) is 3.29. The molecule has 3 aromatic carbocycles. The lowest BCUT2D eigenvalue weighted by Gasteiger charge is -2.15. The first-order valence-corrected chi connectivity index (χ1v) is 12.3. The van der Waals surface area contributed by atoms with E-state index in [4.69, 9.17) is 37.1 Å². The summed E-state index contributed by atoms with van der Waals surface area (Å²) < 4.78 is 17.8. The second kappa shape index (κ2) is 11.6. The van der Waals surface area contributed by atoms with Gasteiger partial charge in [-0.15, -0.1) is 0 Å². The lowest BCUT2D eigenvalue weighted by Crippen LogP contribution is -2.16. The van der Waals surface area contributed by atoms with E-state index in [0.717, 1.165) is 5.56 Å². The zero-order valence-electron chi connectivity index (χ0n) is 19.2. The lowest BCUT2D eigenvalue weighted by atomic mass is 10.2. The number of rotatable bonds is 9. The van der Waals surface area contributed by atoms with Gasteiger partial charge in [-0.25, -0.2) is 5.43 Å². The summed E-state index contributed by atoms with van der Waals surface area (Å²) in [6.45, 7) is 2.48. The van der Waals surface area contributed by atoms with Crippen LogP contribution in [-0.4, -0.2) is 23.7 Å². The normalized spacial score (nSPS) is 11.1. The van der Waals surface area contributed by atoms with Crippen LogP contribution in [0.3, 0.4) is 0 Å². The summed E-state index contributed by atoms with van der Waals surface area (Å²) in [7, 11) is 0. The molecule has 0 bridgehead atoms. The number of hydrogen-bond donors (Lipinski definition) is 1. The third kappa shape index (κ3) is 6.40. The second-order valence-corrected chi connectivity index (χ2v) is 9.26. The fraction of sp³-hybridized carbons (Fsp3) is 0.120. The molecule has 1 N–H and O–H groups in total. The van der Waals surface area contributed by atoms with E-state index >= 15 is 0 Å². The van der Waals surface area contributed by atoms with Gasteiger partial charge in [0.2, 0.25) is 0 Å². The molecule has 1 heterocycles. The molecular weight excluding hydrogens is 589 g/mol. The summed E-state index contributed by atoms with van der Waals surface area (Å²) in [5, 5.41) is 16.3. The van der Waals surface area contributed by atoms with E-state index in [9.17, 15) is 14.9 Å². The van der Waals surface area contributed by atoms with Gasteiger partial charge in [-0.05, 0) is 70.4 Å². The molecule has 4 aromatic rings. The Balaban J connectivity index is 1.46. The summed E-state index contributed by atoms with van der Waals surface area (Å²) in [6.07, 6.45) is 1.43. The highest BCUT2D eigenvalue weighted by Crippen LogP contribution is 2.37. The van der Waals surface area contributed by atoms with E-state index < -0.39 is 10.8 Å². The van der Waals surface area contributed by atoms with Crippen LogP contribution in [0.2, 0.25) is 10.0 Å². The molecule has 37 heavy (non-hydrogen) atoms. The van der Waals surface area contributed by atoms with E-state index in [2.05, 4.69) is 26.5 Å². The Morgan fingerprint density at radius 3 is 2.68 bits per heavy atom. The van der Waals surface area contributed by atoms with Crippen LogP contribution in [0.1, 0.15) is 28.6 Å². The number of nitro benzene ring substituents is 1. The van der Waals surface area contributed by atoms with Crippen molar-refractivity contribution >= 4 is 67.9 Å². The Morgan fingerprint density at radius 2 is 1.95 bits per heavy atom. The zero-order chi connectivity index (χ0) is 26.5. The van der Waals surface area contributed by atoms with Crippen LogP contribution in [0.25, 0.3) is 11.0 Å². The van der Waals surface area contributed by atoms with Crippen molar-refractivity contribution in [1.29, 1.82) is 0 Å². The lowest BCUT2D eigenvalue weighted by molar-refractivity contribution is -0.384. The maximum atomic E-state index is 12.5. The number of ether oxygens (including phenoxy) is 2. The van der Waals surface area contributed by atoms with Crippen molar-refractivity contribution in [2.75, 3.05) is 6.61 Å². The summed E-state index contributed by atoms with van der Waals surface area (Å²) >= 11 is 15.5. The number of carbonyl (C=O) groups excluding carboxylic acids is 1. The van der Waals surface area contributed by atoms with Crippen molar-refractivity contribution in [2.45, 2.75) is 13.5 Å². The van der Waals surface area contributed by atoms with Gasteiger partial charge in [-0.2, -0.15) is 5.10 Å². The van der Waals surface area contributed by atoms with Crippen LogP contribution in [0.4, 0.5) is 5.69 Å². The van der Waals surface area contributed by atoms with Crippen molar-refractivity contribution < 1.29 is 23.6 Å². The number of fused-ring (bicyclic) bond motifs is 1. The van der Waals surface area contributed by atoms with E-state index in [-0.39, 0.29) is 18.1 Å². The summed E-state index contributed by atoms with van der Waals surface area (Å²) in [6, 6.07) is 14.2. The Morgan fingerprint density at radius 1 is 1.14 bits per heavy atom. The van der Waals surface area contributed by atoms with Crippen molar-refractivity contribution in [2.24, 2.45) is 5.10 Å². The Labute approximate surface area is 229 Å². The van der Waals surface area contributed by atoms with Crippen LogP contribution in [0.5, 0.6) is 11.5 Å². The first kappa shape index (κ1) is 26.5. The number of carbonyl (C=O) groups is 1. The molecule has 0 saturated carbocycles. The molecule has 12 heteroatoms. The van der Waals surface area contributed by atoms with Gasteiger partial charge in [0.25, 0.3) is 5.69 Å². The van der Waals surface area contributed by atoms with Crippen molar-refractivity contribution in [1.82, 2.24) is 5.43 Å². The Kier molecular flexibility index (Phi) is 8.32. The Hall–Kier alpha value is -3.60. The molecule has 0 aliphatic carbocycles. The molecule has 0 aliphatic rings. The Bertz CT molecular complexity index is 1520. The minimum Gasteiger partial charge on any atom is -0.490 e. The zero-order valence-corrected chi connectivity index (χ0v) is 22.3. The number of hydrazone groups is 1. The van der Waals surface area contributed by atoms with Gasteiger partial charge >= 0.3 is 5.91 Å². The number of halogens is 3. The SMILES string of the molecule is CCOc1cc(/C=N\NC(=O)c2cc3cc([N+](=O)[O-])ccc3o2)cc(Br)c1OCc1ccc(Cl)c(Cl)c1. The molecule has 9 nitrogen and oxygen atoms in total. The minimum atomic E-state index is -0.610. The van der Waals surface area contributed by atoms with Crippen LogP contribution < -0.4 is 14.9 Å². The topological polar surface area (TPSA) is 116 Å². The fourth-order valence-corrected chi connectivity index (χ4v) is 4.22. The number of nitro groups is 1. The number of nitrogens with zero attached hydrogens (tertiary/aromatic N) is 2. The van der Waals surface area contributed by atoms with Crippen LogP contribution >= 0.6 is 39.1 Å². The molecule has 0 spiro atoms. The molecule has 1 aromatic heterocycles. The maximum absolute atomic E-state index is 12.5. The molecular formula is C25H18BrCl2N3O6. The number of nitrogens with one attached hydrogen (secondary N) is 1. The molecule has 1 amide bonds. The smallest absolute Gasteiger partial charge is 0.307 e. The third-order valence-electron chi connectivity index (χ3n) is 5.01. The van der Waals surface area contributed by atoms with Gasteiger partial charge in [0.15, 0.2) is 17.3 Å². The molecule has 0 radical (unpaired) electrons. The van der Waals surface area contributed by atoms with E-state index in [1.165, 1.54) is 30.5 Å². The second-order valence-electron chi connectivity index (χ2n) is 7.59. The average molecular weight is 607 g/mol. The van der Waals surface area contributed by atoms with Gasteiger partial charge in [-0.1, -0.05) is 29.3 Å². The molecule has 190 valence electrons. The number of hydrogen-bond acceptors (Lipinski definition) is 7. The van der Waals surface area contributed by atoms with Gasteiger partial charge in [0, 0.05) is 17.5 Å². The first-order chi connectivity index (χ1) is 17.7. The largest absolute Gasteiger partial charge is 0.490 e. The van der Waals surface area contributed by atoms with Crippen LogP contribution in [0.15, 0.2) is 68.6 Å². The number of benzene rings is 3. The molecule has 0 aliphatic heterocycles. The van der Waals surface area contributed by atoms with E-state index in [0.29, 0.717) is 49.2 Å². The van der Waals surface area contributed by atoms with Crippen LogP contribution in [0, 0.1) is 10.1 Å².